The number of benzene rings is 2. The minimum atomic E-state index is 0.0292. The Labute approximate surface area is 145 Å². The number of fused-ring (bicyclic) bond motifs is 2. The number of ketones is 2. The molecule has 2 heterocycles. The van der Waals surface area contributed by atoms with Crippen LogP contribution in [0.1, 0.15) is 34.6 Å². The Bertz CT molecular complexity index is 1030. The van der Waals surface area contributed by atoms with Crippen LogP contribution in [0.15, 0.2) is 35.3 Å². The second-order valence-electron chi connectivity index (χ2n) is 5.49. The van der Waals surface area contributed by atoms with Gasteiger partial charge in [0.1, 0.15) is 0 Å². The minimum Gasteiger partial charge on any atom is -0.294 e. The van der Waals surface area contributed by atoms with Gasteiger partial charge in [-0.15, -0.1) is 22.7 Å². The van der Waals surface area contributed by atoms with Crippen LogP contribution in [0.2, 0.25) is 0 Å². The van der Waals surface area contributed by atoms with Crippen LogP contribution < -0.4 is 0 Å². The molecule has 0 N–H and O–H groups in total. The van der Waals surface area contributed by atoms with Crippen LogP contribution in [0.25, 0.3) is 31.6 Å². The summed E-state index contributed by atoms with van der Waals surface area (Å²) in [5.74, 6) is 0.0584. The summed E-state index contributed by atoms with van der Waals surface area (Å²) in [7, 11) is 0. The molecule has 0 amide bonds. The third-order valence-corrected chi connectivity index (χ3v) is 5.74. The van der Waals surface area contributed by atoms with E-state index in [9.17, 15) is 9.59 Å². The van der Waals surface area contributed by atoms with Gasteiger partial charge in [0, 0.05) is 22.3 Å². The highest BCUT2D eigenvalue weighted by Gasteiger charge is 2.18. The molecule has 4 aromatic rings. The van der Waals surface area contributed by atoms with Gasteiger partial charge in [0.25, 0.3) is 0 Å². The summed E-state index contributed by atoms with van der Waals surface area (Å²) in [6.07, 6.45) is 0. The lowest BCUT2D eigenvalue weighted by Crippen LogP contribution is -1.95. The molecular formula is C18H12N2O2S2. The number of carbonyl (C=O) groups excluding carboxylic acids is 2. The Kier molecular flexibility index (Phi) is 3.51. The van der Waals surface area contributed by atoms with Gasteiger partial charge < -0.3 is 0 Å². The lowest BCUT2D eigenvalue weighted by molar-refractivity contribution is 0.101. The number of thiazole rings is 2. The highest BCUT2D eigenvalue weighted by Crippen LogP contribution is 2.37. The highest BCUT2D eigenvalue weighted by atomic mass is 32.1. The van der Waals surface area contributed by atoms with Crippen LogP contribution in [0.3, 0.4) is 0 Å². The van der Waals surface area contributed by atoms with E-state index in [-0.39, 0.29) is 11.6 Å². The zero-order chi connectivity index (χ0) is 16.8. The number of aromatic nitrogens is 2. The third kappa shape index (κ3) is 2.18. The first kappa shape index (κ1) is 15.1. The van der Waals surface area contributed by atoms with Crippen LogP contribution in [-0.2, 0) is 0 Å². The van der Waals surface area contributed by atoms with Crippen LogP contribution in [0.5, 0.6) is 0 Å². The van der Waals surface area contributed by atoms with E-state index in [1.165, 1.54) is 22.7 Å². The largest absolute Gasteiger partial charge is 0.294 e. The van der Waals surface area contributed by atoms with Gasteiger partial charge in [-0.25, -0.2) is 9.97 Å². The molecule has 0 atom stereocenters. The fourth-order valence-electron chi connectivity index (χ4n) is 2.89. The van der Waals surface area contributed by atoms with Crippen LogP contribution in [-0.4, -0.2) is 21.5 Å². The number of Topliss-reactive ketones (excluding diaryl/α,β-unsaturated/α-hetero) is 2. The van der Waals surface area contributed by atoms with Crippen molar-refractivity contribution in [1.29, 1.82) is 0 Å². The van der Waals surface area contributed by atoms with Crippen LogP contribution in [0.4, 0.5) is 0 Å². The molecule has 0 radical (unpaired) electrons. The number of nitrogens with zero attached hydrogens (tertiary/aromatic N) is 2. The summed E-state index contributed by atoms with van der Waals surface area (Å²) >= 11 is 2.93. The van der Waals surface area contributed by atoms with Crippen molar-refractivity contribution in [2.24, 2.45) is 0 Å². The minimum absolute atomic E-state index is 0.0292. The normalized spacial score (nSPS) is 11.2. The van der Waals surface area contributed by atoms with E-state index in [1.807, 2.05) is 24.3 Å². The summed E-state index contributed by atoms with van der Waals surface area (Å²) < 4.78 is 1.78. The van der Waals surface area contributed by atoms with Gasteiger partial charge in [-0.2, -0.15) is 0 Å². The lowest BCUT2D eigenvalue weighted by Gasteiger charge is -2.08. The molecule has 24 heavy (non-hydrogen) atoms. The molecule has 2 aromatic carbocycles. The maximum atomic E-state index is 11.8. The number of hydrogen-bond donors (Lipinski definition) is 0. The molecule has 4 nitrogen and oxygen atoms in total. The van der Waals surface area contributed by atoms with E-state index in [0.29, 0.717) is 11.1 Å². The molecule has 0 aliphatic heterocycles. The molecule has 0 aliphatic rings. The van der Waals surface area contributed by atoms with Gasteiger partial charge in [-0.1, -0.05) is 12.1 Å². The van der Waals surface area contributed by atoms with Crippen LogP contribution >= 0.6 is 22.7 Å². The average molecular weight is 352 g/mol. The van der Waals surface area contributed by atoms with Crippen molar-refractivity contribution >= 4 is 54.7 Å². The van der Waals surface area contributed by atoms with E-state index in [0.717, 1.165) is 31.6 Å². The molecule has 0 bridgehead atoms. The Morgan fingerprint density at radius 3 is 1.54 bits per heavy atom. The summed E-state index contributed by atoms with van der Waals surface area (Å²) in [5, 5.41) is 0. The van der Waals surface area contributed by atoms with E-state index in [1.54, 1.807) is 24.9 Å². The Morgan fingerprint density at radius 1 is 0.750 bits per heavy atom. The topological polar surface area (TPSA) is 59.9 Å². The van der Waals surface area contributed by atoms with E-state index in [4.69, 9.17) is 0 Å². The van der Waals surface area contributed by atoms with Gasteiger partial charge in [0.05, 0.1) is 31.5 Å². The van der Waals surface area contributed by atoms with Gasteiger partial charge in [-0.3, -0.25) is 9.59 Å². The first-order valence-corrected chi connectivity index (χ1v) is 9.08. The van der Waals surface area contributed by atoms with Gasteiger partial charge >= 0.3 is 0 Å². The zero-order valence-electron chi connectivity index (χ0n) is 13.0. The standard InChI is InChI=1S/C18H12N2O2S2/c1-9(21)11-3-5-13(15-17(11)23-7-19-15)14-6-4-12(10(2)22)18-16(14)20-8-24-18/h3-8H,1-2H3. The molecule has 118 valence electrons. The monoisotopic (exact) mass is 352 g/mol. The van der Waals surface area contributed by atoms with Crippen molar-refractivity contribution in [2.75, 3.05) is 0 Å². The molecule has 0 unspecified atom stereocenters. The second-order valence-corrected chi connectivity index (χ2v) is 7.20. The second kappa shape index (κ2) is 5.58. The molecule has 0 saturated carbocycles. The third-order valence-electron chi connectivity index (χ3n) is 4.02. The SMILES string of the molecule is CC(=O)c1ccc(-c2ccc(C(C)=O)c3scnc23)c2ncsc12. The molecule has 4 rings (SSSR count). The van der Waals surface area contributed by atoms with Crippen molar-refractivity contribution in [3.63, 3.8) is 0 Å². The average Bonchev–Trinajstić information content (AvgIpc) is 3.21. The smallest absolute Gasteiger partial charge is 0.161 e. The Balaban J connectivity index is 2.05. The highest BCUT2D eigenvalue weighted by molar-refractivity contribution is 7.17. The molecule has 6 heteroatoms. The molecule has 0 saturated heterocycles. The van der Waals surface area contributed by atoms with E-state index in [2.05, 4.69) is 9.97 Å². The molecule has 0 fully saturated rings. The van der Waals surface area contributed by atoms with Crippen molar-refractivity contribution in [3.05, 3.63) is 46.4 Å². The maximum absolute atomic E-state index is 11.8. The molecule has 0 aliphatic carbocycles. The molecule has 0 spiro atoms. The van der Waals surface area contributed by atoms with Crippen LogP contribution in [0, 0.1) is 0 Å². The molecule has 2 aromatic heterocycles. The summed E-state index contributed by atoms with van der Waals surface area (Å²) in [6, 6.07) is 7.52. The summed E-state index contributed by atoms with van der Waals surface area (Å²) in [5.41, 5.74) is 8.35. The Hall–Kier alpha value is -2.44. The maximum Gasteiger partial charge on any atom is 0.161 e. The number of hydrogen-bond acceptors (Lipinski definition) is 6. The van der Waals surface area contributed by atoms with Crippen molar-refractivity contribution in [2.45, 2.75) is 13.8 Å². The van der Waals surface area contributed by atoms with Crippen molar-refractivity contribution < 1.29 is 9.59 Å². The van der Waals surface area contributed by atoms with Crippen molar-refractivity contribution in [1.82, 2.24) is 9.97 Å². The number of rotatable bonds is 3. The van der Waals surface area contributed by atoms with Gasteiger partial charge in [0.15, 0.2) is 11.6 Å². The quantitative estimate of drug-likeness (QED) is 0.488. The first-order valence-electron chi connectivity index (χ1n) is 7.32. The fraction of sp³-hybridized carbons (Fsp3) is 0.111. The molecular weight excluding hydrogens is 340 g/mol. The lowest BCUT2D eigenvalue weighted by atomic mass is 9.98. The Morgan fingerprint density at radius 2 is 1.17 bits per heavy atom. The first-order chi connectivity index (χ1) is 11.6. The fourth-order valence-corrected chi connectivity index (χ4v) is 4.64. The summed E-state index contributed by atoms with van der Waals surface area (Å²) in [6.45, 7) is 3.13. The predicted octanol–water partition coefficient (Wildman–Crippen LogP) is 4.98. The predicted molar refractivity (Wildman–Crippen MR) is 98.2 cm³/mol. The van der Waals surface area contributed by atoms with Gasteiger partial charge in [0.2, 0.25) is 0 Å². The zero-order valence-corrected chi connectivity index (χ0v) is 14.6. The van der Waals surface area contributed by atoms with Gasteiger partial charge in [-0.05, 0) is 26.0 Å². The number of carbonyl (C=O) groups is 2. The van der Waals surface area contributed by atoms with E-state index < -0.39 is 0 Å². The summed E-state index contributed by atoms with van der Waals surface area (Å²) in [4.78, 5) is 32.6. The van der Waals surface area contributed by atoms with E-state index >= 15 is 0 Å². The van der Waals surface area contributed by atoms with Crippen molar-refractivity contribution in [3.8, 4) is 11.1 Å².